The molecule has 5 nitrogen and oxygen atoms in total. The van der Waals surface area contributed by atoms with Gasteiger partial charge < -0.3 is 9.26 Å². The number of aromatic nitrogens is 1. The van der Waals surface area contributed by atoms with E-state index in [1.54, 1.807) is 0 Å². The van der Waals surface area contributed by atoms with Crippen molar-refractivity contribution in [2.45, 2.75) is 19.8 Å². The zero-order chi connectivity index (χ0) is 9.68. The van der Waals surface area contributed by atoms with Gasteiger partial charge in [0, 0.05) is 0 Å². The molecule has 0 aliphatic rings. The predicted molar refractivity (Wildman–Crippen MR) is 44.5 cm³/mol. The molecule has 0 aliphatic heterocycles. The molecule has 1 heterocycles. The van der Waals surface area contributed by atoms with Crippen molar-refractivity contribution >= 4 is 5.97 Å². The van der Waals surface area contributed by atoms with Crippen LogP contribution in [0.4, 0.5) is 0 Å². The van der Waals surface area contributed by atoms with Crippen LogP contribution in [0.2, 0.25) is 0 Å². The lowest BCUT2D eigenvalue weighted by atomic mass is 10.3. The largest absolute Gasteiger partial charge is 0.461 e. The Morgan fingerprint density at radius 2 is 2.46 bits per heavy atom. The fourth-order valence-electron chi connectivity index (χ4n) is 0.770. The summed E-state index contributed by atoms with van der Waals surface area (Å²) in [6.07, 6.45) is 1.77. The number of H-pyrrole nitrogens is 1. The van der Waals surface area contributed by atoms with Crippen LogP contribution in [-0.4, -0.2) is 17.7 Å². The number of nitrogens with one attached hydrogen (secondary N) is 1. The molecule has 1 aromatic rings. The van der Waals surface area contributed by atoms with Crippen molar-refractivity contribution in [2.24, 2.45) is 0 Å². The van der Waals surface area contributed by atoms with E-state index in [1.807, 2.05) is 6.92 Å². The molecule has 0 aromatic carbocycles. The van der Waals surface area contributed by atoms with Crippen molar-refractivity contribution in [3.05, 3.63) is 22.2 Å². The van der Waals surface area contributed by atoms with E-state index in [1.165, 1.54) is 0 Å². The molecule has 0 bridgehead atoms. The fraction of sp³-hybridized carbons (Fsp3) is 0.500. The lowest BCUT2D eigenvalue weighted by molar-refractivity contribution is 0.0488. The van der Waals surface area contributed by atoms with Crippen LogP contribution >= 0.6 is 0 Å². The summed E-state index contributed by atoms with van der Waals surface area (Å²) in [5.74, 6) is -0.556. The highest BCUT2D eigenvalue weighted by Crippen LogP contribution is 1.96. The second-order valence-electron chi connectivity index (χ2n) is 2.57. The molecule has 0 radical (unpaired) electrons. The maximum absolute atomic E-state index is 11.1. The first-order valence-electron chi connectivity index (χ1n) is 4.09. The monoisotopic (exact) mass is 185 g/mol. The summed E-state index contributed by atoms with van der Waals surface area (Å²) in [5, 5.41) is 2.17. The molecule has 0 spiro atoms. The molecule has 1 rings (SSSR count). The summed E-state index contributed by atoms with van der Waals surface area (Å²) in [5.41, 5.74) is -0.524. The predicted octanol–water partition coefficient (Wildman–Crippen LogP) is 0.925. The van der Waals surface area contributed by atoms with Crippen molar-refractivity contribution in [3.8, 4) is 0 Å². The van der Waals surface area contributed by atoms with Crippen LogP contribution in [-0.2, 0) is 4.74 Å². The number of esters is 1. The molecule has 0 fully saturated rings. The van der Waals surface area contributed by atoms with Crippen LogP contribution < -0.4 is 5.63 Å². The van der Waals surface area contributed by atoms with E-state index in [0.29, 0.717) is 6.61 Å². The minimum Gasteiger partial charge on any atom is -0.461 e. The molecule has 0 unspecified atom stereocenters. The first kappa shape index (κ1) is 9.57. The Bertz CT molecular complexity index is 325. The molecule has 13 heavy (non-hydrogen) atoms. The molecule has 72 valence electrons. The zero-order valence-electron chi connectivity index (χ0n) is 7.33. The number of aromatic amines is 1. The number of unbranched alkanes of at least 4 members (excludes halogenated alkanes) is 1. The SMILES string of the molecule is CCCCOC(=O)c1cc(=O)o[nH]1. The van der Waals surface area contributed by atoms with Crippen molar-refractivity contribution < 1.29 is 14.1 Å². The fourth-order valence-corrected chi connectivity index (χ4v) is 0.770. The third-order valence-electron chi connectivity index (χ3n) is 1.47. The van der Waals surface area contributed by atoms with E-state index in [-0.39, 0.29) is 5.69 Å². The third kappa shape index (κ3) is 2.77. The zero-order valence-corrected chi connectivity index (χ0v) is 7.33. The number of carbonyl (C=O) groups excluding carboxylic acids is 1. The van der Waals surface area contributed by atoms with Gasteiger partial charge in [0.25, 0.3) is 0 Å². The Labute approximate surface area is 74.7 Å². The molecule has 1 N–H and O–H groups in total. The number of rotatable bonds is 4. The molecule has 0 atom stereocenters. The Morgan fingerprint density at radius 1 is 1.69 bits per heavy atom. The van der Waals surface area contributed by atoms with Gasteiger partial charge in [0.05, 0.1) is 12.7 Å². The highest BCUT2D eigenvalue weighted by atomic mass is 16.5. The topological polar surface area (TPSA) is 72.3 Å². The summed E-state index contributed by atoms with van der Waals surface area (Å²) in [7, 11) is 0. The van der Waals surface area contributed by atoms with E-state index in [9.17, 15) is 9.59 Å². The number of carbonyl (C=O) groups is 1. The Kier molecular flexibility index (Phi) is 3.31. The summed E-state index contributed by atoms with van der Waals surface area (Å²) < 4.78 is 9.12. The van der Waals surface area contributed by atoms with Gasteiger partial charge in [-0.1, -0.05) is 13.3 Å². The summed E-state index contributed by atoms with van der Waals surface area (Å²) in [6.45, 7) is 2.36. The Hall–Kier alpha value is -1.52. The standard InChI is InChI=1S/C8H11NO4/c1-2-3-4-12-8(11)6-5-7(10)13-9-6/h5,9H,2-4H2,1H3. The number of hydrogen-bond acceptors (Lipinski definition) is 4. The second kappa shape index (κ2) is 4.49. The second-order valence-corrected chi connectivity index (χ2v) is 2.57. The van der Waals surface area contributed by atoms with Crippen LogP contribution in [0, 0.1) is 0 Å². The van der Waals surface area contributed by atoms with E-state index in [0.717, 1.165) is 18.9 Å². The average Bonchev–Trinajstić information content (AvgIpc) is 2.52. The molecule has 0 saturated carbocycles. The minimum absolute atomic E-state index is 0.0566. The van der Waals surface area contributed by atoms with Gasteiger partial charge in [0.2, 0.25) is 0 Å². The van der Waals surface area contributed by atoms with E-state index in [2.05, 4.69) is 9.68 Å². The first-order chi connectivity index (χ1) is 6.24. The maximum atomic E-state index is 11.1. The lowest BCUT2D eigenvalue weighted by Crippen LogP contribution is -2.06. The van der Waals surface area contributed by atoms with Crippen LogP contribution in [0.25, 0.3) is 0 Å². The molecule has 1 aromatic heterocycles. The molecule has 0 amide bonds. The maximum Gasteiger partial charge on any atom is 0.358 e. The van der Waals surface area contributed by atoms with E-state index >= 15 is 0 Å². The van der Waals surface area contributed by atoms with Gasteiger partial charge in [0.1, 0.15) is 0 Å². The van der Waals surface area contributed by atoms with E-state index in [4.69, 9.17) is 4.74 Å². The Morgan fingerprint density at radius 3 is 3.00 bits per heavy atom. The highest BCUT2D eigenvalue weighted by molar-refractivity contribution is 5.86. The van der Waals surface area contributed by atoms with Crippen molar-refractivity contribution in [1.82, 2.24) is 5.16 Å². The van der Waals surface area contributed by atoms with Gasteiger partial charge >= 0.3 is 11.6 Å². The summed E-state index contributed by atoms with van der Waals surface area (Å²) >= 11 is 0. The van der Waals surface area contributed by atoms with Crippen LogP contribution in [0.5, 0.6) is 0 Å². The Balaban J connectivity index is 2.44. The van der Waals surface area contributed by atoms with Crippen molar-refractivity contribution in [3.63, 3.8) is 0 Å². The van der Waals surface area contributed by atoms with Gasteiger partial charge in [-0.25, -0.2) is 14.7 Å². The van der Waals surface area contributed by atoms with Gasteiger partial charge in [-0.3, -0.25) is 0 Å². The lowest BCUT2D eigenvalue weighted by Gasteiger charge is -1.99. The molecule has 0 aliphatic carbocycles. The van der Waals surface area contributed by atoms with Crippen LogP contribution in [0.15, 0.2) is 15.4 Å². The quantitative estimate of drug-likeness (QED) is 0.559. The normalized spacial score (nSPS) is 9.92. The van der Waals surface area contributed by atoms with Gasteiger partial charge in [-0.15, -0.1) is 0 Å². The molecular formula is C8H11NO4. The van der Waals surface area contributed by atoms with E-state index < -0.39 is 11.6 Å². The molecule has 5 heteroatoms. The number of ether oxygens (including phenoxy) is 1. The first-order valence-corrected chi connectivity index (χ1v) is 4.09. The number of hydrogen-bond donors (Lipinski definition) is 1. The van der Waals surface area contributed by atoms with Crippen molar-refractivity contribution in [1.29, 1.82) is 0 Å². The smallest absolute Gasteiger partial charge is 0.358 e. The molecular weight excluding hydrogens is 174 g/mol. The summed E-state index contributed by atoms with van der Waals surface area (Å²) in [6, 6.07) is 1.06. The van der Waals surface area contributed by atoms with Crippen LogP contribution in [0.1, 0.15) is 30.3 Å². The van der Waals surface area contributed by atoms with Crippen LogP contribution in [0.3, 0.4) is 0 Å². The third-order valence-corrected chi connectivity index (χ3v) is 1.47. The van der Waals surface area contributed by atoms with Gasteiger partial charge in [-0.05, 0) is 6.42 Å². The average molecular weight is 185 g/mol. The van der Waals surface area contributed by atoms with Gasteiger partial charge in [0.15, 0.2) is 5.69 Å². The minimum atomic E-state index is -0.581. The molecule has 0 saturated heterocycles. The summed E-state index contributed by atoms with van der Waals surface area (Å²) in [4.78, 5) is 21.6. The highest BCUT2D eigenvalue weighted by Gasteiger charge is 2.09. The van der Waals surface area contributed by atoms with Crippen molar-refractivity contribution in [2.75, 3.05) is 6.61 Å². The van der Waals surface area contributed by atoms with Gasteiger partial charge in [-0.2, -0.15) is 0 Å².